The quantitative estimate of drug-likeness (QED) is 0.279. The largest absolute Gasteiger partial charge is 0.444 e. The van der Waals surface area contributed by atoms with Gasteiger partial charge in [0.2, 0.25) is 17.7 Å². The molecule has 0 aromatic heterocycles. The Balaban J connectivity index is 2.28. The number of nitrogens with zero attached hydrogens (tertiary/aromatic N) is 1. The first-order chi connectivity index (χ1) is 18.5. The molecule has 0 aliphatic carbocycles. The molecule has 1 aromatic carbocycles. The first-order valence-electron chi connectivity index (χ1n) is 13.4. The number of nitrogens with two attached hydrogens (primary N) is 1. The fourth-order valence-electron chi connectivity index (χ4n) is 4.35. The number of nitrogens with one attached hydrogen (secondary N) is 3. The van der Waals surface area contributed by atoms with Crippen LogP contribution in [0.25, 0.3) is 0 Å². The summed E-state index contributed by atoms with van der Waals surface area (Å²) in [4.78, 5) is 65.0. The van der Waals surface area contributed by atoms with Crippen LogP contribution in [0, 0.1) is 0 Å². The Morgan fingerprint density at radius 1 is 1.05 bits per heavy atom. The minimum atomic E-state index is -1.72. The number of likely N-dealkylation sites (tertiary alicyclic amines) is 1. The highest BCUT2D eigenvalue weighted by Crippen LogP contribution is 2.21. The molecular weight excluding hydrogens is 518 g/mol. The van der Waals surface area contributed by atoms with Crippen LogP contribution >= 0.6 is 0 Å². The molecule has 0 bridgehead atoms. The number of aliphatic hydroxyl groups is 1. The minimum Gasteiger partial charge on any atom is -0.444 e. The molecule has 1 aliphatic heterocycles. The number of hydrogen-bond donors (Lipinski definition) is 5. The van der Waals surface area contributed by atoms with Gasteiger partial charge >= 0.3 is 6.09 Å². The molecule has 222 valence electrons. The molecule has 12 nitrogen and oxygen atoms in total. The van der Waals surface area contributed by atoms with E-state index < -0.39 is 65.6 Å². The standard InChI is InChI=1S/C28H43N5O7/c1-27(2,3)32-24(37)20-13-10-14-33(20)25(38)22(35)18(15-17-11-8-7-9-12-17)30-23(36)19(16-21(29)34)31-26(39)40-28(4,5)6/h7-9,11-12,18-20,22,35H,10,13-16H2,1-6H3,(H2,29,34)(H,30,36)(H,31,39)(H,32,37)/t18?,19-,20?,22?/m0/s1. The van der Waals surface area contributed by atoms with Gasteiger partial charge in [0.05, 0.1) is 12.5 Å². The predicted octanol–water partition coefficient (Wildman–Crippen LogP) is 0.749. The molecule has 40 heavy (non-hydrogen) atoms. The molecule has 6 N–H and O–H groups in total. The molecule has 2 rings (SSSR count). The van der Waals surface area contributed by atoms with E-state index >= 15 is 0 Å². The lowest BCUT2D eigenvalue weighted by Crippen LogP contribution is -2.59. The summed E-state index contributed by atoms with van der Waals surface area (Å²) in [6.45, 7) is 10.7. The van der Waals surface area contributed by atoms with Gasteiger partial charge in [-0.05, 0) is 66.4 Å². The molecule has 0 radical (unpaired) electrons. The predicted molar refractivity (Wildman–Crippen MR) is 148 cm³/mol. The highest BCUT2D eigenvalue weighted by atomic mass is 16.6. The fraction of sp³-hybridized carbons (Fsp3) is 0.607. The van der Waals surface area contributed by atoms with Crippen molar-refractivity contribution in [2.45, 2.75) is 103 Å². The van der Waals surface area contributed by atoms with Crippen molar-refractivity contribution in [1.29, 1.82) is 0 Å². The Kier molecular flexibility index (Phi) is 11.1. The smallest absolute Gasteiger partial charge is 0.408 e. The van der Waals surface area contributed by atoms with Crippen molar-refractivity contribution < 1.29 is 33.8 Å². The lowest BCUT2D eigenvalue weighted by atomic mass is 9.99. The van der Waals surface area contributed by atoms with Gasteiger partial charge in [0.1, 0.15) is 17.7 Å². The van der Waals surface area contributed by atoms with Crippen LogP contribution in [0.2, 0.25) is 0 Å². The van der Waals surface area contributed by atoms with Gasteiger partial charge in [0.15, 0.2) is 6.10 Å². The maximum atomic E-state index is 13.5. The van der Waals surface area contributed by atoms with Gasteiger partial charge in [0, 0.05) is 12.1 Å². The van der Waals surface area contributed by atoms with Crippen LogP contribution in [-0.4, -0.2) is 81.6 Å². The number of carbonyl (C=O) groups excluding carboxylic acids is 5. The number of aliphatic hydroxyl groups excluding tert-OH is 1. The molecule has 1 aliphatic rings. The second kappa shape index (κ2) is 13.6. The van der Waals surface area contributed by atoms with E-state index in [1.807, 2.05) is 20.8 Å². The number of benzene rings is 1. The SMILES string of the molecule is CC(C)(C)NC(=O)C1CCCN1C(=O)C(O)C(Cc1ccccc1)NC(=O)[C@H](CC(N)=O)NC(=O)OC(C)(C)C. The lowest BCUT2D eigenvalue weighted by molar-refractivity contribution is -0.147. The number of hydrogen-bond acceptors (Lipinski definition) is 7. The Morgan fingerprint density at radius 2 is 1.68 bits per heavy atom. The van der Waals surface area contributed by atoms with Crippen molar-refractivity contribution in [3.05, 3.63) is 35.9 Å². The number of ether oxygens (including phenoxy) is 1. The Morgan fingerprint density at radius 3 is 2.23 bits per heavy atom. The van der Waals surface area contributed by atoms with E-state index in [0.29, 0.717) is 12.8 Å². The van der Waals surface area contributed by atoms with Gasteiger partial charge in [-0.25, -0.2) is 4.79 Å². The van der Waals surface area contributed by atoms with Crippen LogP contribution in [0.5, 0.6) is 0 Å². The first-order valence-corrected chi connectivity index (χ1v) is 13.4. The van der Waals surface area contributed by atoms with Crippen LogP contribution in [0.3, 0.4) is 0 Å². The second-order valence-electron chi connectivity index (χ2n) is 12.0. The number of primary amides is 1. The van der Waals surface area contributed by atoms with E-state index in [2.05, 4.69) is 16.0 Å². The third kappa shape index (κ3) is 10.5. The Labute approximate surface area is 235 Å². The molecule has 1 fully saturated rings. The zero-order valence-electron chi connectivity index (χ0n) is 24.2. The van der Waals surface area contributed by atoms with E-state index in [9.17, 15) is 29.1 Å². The van der Waals surface area contributed by atoms with E-state index in [-0.39, 0.29) is 18.9 Å². The third-order valence-electron chi connectivity index (χ3n) is 6.01. The Hall–Kier alpha value is -3.67. The van der Waals surface area contributed by atoms with Crippen LogP contribution in [0.4, 0.5) is 4.79 Å². The van der Waals surface area contributed by atoms with Crippen molar-refractivity contribution in [3.63, 3.8) is 0 Å². The fourth-order valence-corrected chi connectivity index (χ4v) is 4.35. The maximum Gasteiger partial charge on any atom is 0.408 e. The Bertz CT molecular complexity index is 1070. The molecule has 1 aromatic rings. The van der Waals surface area contributed by atoms with E-state index in [0.717, 1.165) is 5.56 Å². The maximum absolute atomic E-state index is 13.5. The van der Waals surface area contributed by atoms with Crippen LogP contribution in [0.15, 0.2) is 30.3 Å². The number of alkyl carbamates (subject to hydrolysis) is 1. The molecule has 1 heterocycles. The lowest BCUT2D eigenvalue weighted by Gasteiger charge is -2.32. The highest BCUT2D eigenvalue weighted by molar-refractivity contribution is 5.93. The molecule has 5 amide bonds. The van der Waals surface area contributed by atoms with E-state index in [4.69, 9.17) is 10.5 Å². The summed E-state index contributed by atoms with van der Waals surface area (Å²) in [5, 5.41) is 19.1. The number of carbonyl (C=O) groups is 5. The van der Waals surface area contributed by atoms with Gasteiger partial charge in [0.25, 0.3) is 5.91 Å². The van der Waals surface area contributed by atoms with E-state index in [1.54, 1.807) is 51.1 Å². The molecule has 1 saturated heterocycles. The molecule has 0 spiro atoms. The summed E-state index contributed by atoms with van der Waals surface area (Å²) >= 11 is 0. The van der Waals surface area contributed by atoms with Gasteiger partial charge in [-0.1, -0.05) is 30.3 Å². The summed E-state index contributed by atoms with van der Waals surface area (Å²) in [5.74, 6) is -2.71. The van der Waals surface area contributed by atoms with Gasteiger partial charge in [-0.2, -0.15) is 0 Å². The normalized spacial score (nSPS) is 17.8. The summed E-state index contributed by atoms with van der Waals surface area (Å²) in [6.07, 6.45) is -2.11. The molecule has 3 unspecified atom stereocenters. The zero-order chi connectivity index (χ0) is 30.3. The van der Waals surface area contributed by atoms with Gasteiger partial charge < -0.3 is 36.4 Å². The van der Waals surface area contributed by atoms with Crippen molar-refractivity contribution in [2.75, 3.05) is 6.54 Å². The summed E-state index contributed by atoms with van der Waals surface area (Å²) in [5.41, 5.74) is 4.66. The minimum absolute atomic E-state index is 0.0575. The van der Waals surface area contributed by atoms with Crippen molar-refractivity contribution in [3.8, 4) is 0 Å². The van der Waals surface area contributed by atoms with Gasteiger partial charge in [-0.15, -0.1) is 0 Å². The summed E-state index contributed by atoms with van der Waals surface area (Å²) in [7, 11) is 0. The van der Waals surface area contributed by atoms with Crippen molar-refractivity contribution in [1.82, 2.24) is 20.9 Å². The highest BCUT2D eigenvalue weighted by Gasteiger charge is 2.41. The molecule has 12 heteroatoms. The monoisotopic (exact) mass is 561 g/mol. The van der Waals surface area contributed by atoms with E-state index in [1.165, 1.54) is 4.90 Å². The summed E-state index contributed by atoms with van der Waals surface area (Å²) in [6, 6.07) is 5.57. The topological polar surface area (TPSA) is 180 Å². The average Bonchev–Trinajstić information content (AvgIpc) is 3.30. The van der Waals surface area contributed by atoms with Crippen molar-refractivity contribution in [2.24, 2.45) is 5.73 Å². The van der Waals surface area contributed by atoms with Crippen LogP contribution in [0.1, 0.15) is 66.4 Å². The zero-order valence-corrected chi connectivity index (χ0v) is 24.2. The van der Waals surface area contributed by atoms with Crippen LogP contribution in [-0.2, 0) is 30.3 Å². The second-order valence-corrected chi connectivity index (χ2v) is 12.0. The number of amides is 5. The van der Waals surface area contributed by atoms with Crippen molar-refractivity contribution >= 4 is 29.7 Å². The third-order valence-corrected chi connectivity index (χ3v) is 6.01. The van der Waals surface area contributed by atoms with Crippen LogP contribution < -0.4 is 21.7 Å². The number of rotatable bonds is 10. The molecular formula is C28H43N5O7. The average molecular weight is 562 g/mol. The molecule has 4 atom stereocenters. The van der Waals surface area contributed by atoms with Gasteiger partial charge in [-0.3, -0.25) is 19.2 Å². The molecule has 0 saturated carbocycles. The first kappa shape index (κ1) is 32.5. The summed E-state index contributed by atoms with van der Waals surface area (Å²) < 4.78 is 5.19.